The van der Waals surface area contributed by atoms with Crippen molar-refractivity contribution < 1.29 is 38.5 Å². The lowest BCUT2D eigenvalue weighted by atomic mass is 9.78. The van der Waals surface area contributed by atoms with Gasteiger partial charge in [-0.3, -0.25) is 0 Å². The van der Waals surface area contributed by atoms with Gasteiger partial charge in [-0.25, -0.2) is 9.13 Å². The summed E-state index contributed by atoms with van der Waals surface area (Å²) in [6, 6.07) is 11.3. The molecule has 2 saturated heterocycles. The Morgan fingerprint density at radius 1 is 0.710 bits per heavy atom. The van der Waals surface area contributed by atoms with Gasteiger partial charge in [-0.05, 0) is 88.0 Å². The van der Waals surface area contributed by atoms with Crippen molar-refractivity contribution in [3.63, 3.8) is 0 Å². The zero-order valence-corrected chi connectivity index (χ0v) is 19.4. The van der Waals surface area contributed by atoms with E-state index in [0.29, 0.717) is 0 Å². The third-order valence-electron chi connectivity index (χ3n) is 5.42. The summed E-state index contributed by atoms with van der Waals surface area (Å²) >= 11 is 0. The number of benzene rings is 1. The molecule has 2 fully saturated rings. The Bertz CT molecular complexity index is 629. The van der Waals surface area contributed by atoms with Crippen molar-refractivity contribution in [3.05, 3.63) is 35.9 Å². The number of nitrogens with one attached hydrogen (secondary N) is 2. The van der Waals surface area contributed by atoms with Gasteiger partial charge in [0.05, 0.1) is 0 Å². The predicted molar refractivity (Wildman–Crippen MR) is 118 cm³/mol. The molecule has 10 nitrogen and oxygen atoms in total. The molecule has 2 heterocycles. The van der Waals surface area contributed by atoms with E-state index in [1.54, 1.807) is 5.56 Å². The van der Waals surface area contributed by atoms with E-state index < -0.39 is 15.6 Å². The fraction of sp³-hybridized carbons (Fsp3) is 0.684. The third kappa shape index (κ3) is 17.6. The van der Waals surface area contributed by atoms with Crippen molar-refractivity contribution in [3.8, 4) is 0 Å². The Labute approximate surface area is 183 Å². The molecule has 31 heavy (non-hydrogen) atoms. The number of phosphoric acid groups is 2. The van der Waals surface area contributed by atoms with Crippen LogP contribution in [0.15, 0.2) is 30.3 Å². The fourth-order valence-electron chi connectivity index (χ4n) is 4.13. The van der Waals surface area contributed by atoms with Gasteiger partial charge in [-0.15, -0.1) is 0 Å². The lowest BCUT2D eigenvalue weighted by Gasteiger charge is -2.31. The third-order valence-corrected chi connectivity index (χ3v) is 5.42. The van der Waals surface area contributed by atoms with Crippen LogP contribution in [0.3, 0.4) is 0 Å². The number of piperidine rings is 2. The van der Waals surface area contributed by atoms with Crippen LogP contribution in [0.1, 0.15) is 50.0 Å². The lowest BCUT2D eigenvalue weighted by Crippen LogP contribution is -2.30. The molecule has 0 atom stereocenters. The number of hydrogen-bond donors (Lipinski definition) is 8. The van der Waals surface area contributed by atoms with Gasteiger partial charge in [-0.2, -0.15) is 0 Å². The van der Waals surface area contributed by atoms with E-state index in [9.17, 15) is 0 Å². The zero-order valence-electron chi connectivity index (χ0n) is 17.6. The summed E-state index contributed by atoms with van der Waals surface area (Å²) in [6.07, 6.45) is 8.28. The van der Waals surface area contributed by atoms with E-state index in [4.69, 9.17) is 38.5 Å². The average Bonchev–Trinajstić information content (AvgIpc) is 2.67. The molecule has 0 spiro atoms. The van der Waals surface area contributed by atoms with Gasteiger partial charge in [0.25, 0.3) is 0 Å². The normalized spacial score (nSPS) is 18.5. The minimum Gasteiger partial charge on any atom is -0.317 e. The van der Waals surface area contributed by atoms with Crippen molar-refractivity contribution in [1.82, 2.24) is 10.6 Å². The minimum absolute atomic E-state index is 0.775. The van der Waals surface area contributed by atoms with Crippen LogP contribution < -0.4 is 10.6 Å². The molecular weight excluding hydrogens is 446 g/mol. The van der Waals surface area contributed by atoms with Crippen molar-refractivity contribution in [2.75, 3.05) is 26.2 Å². The van der Waals surface area contributed by atoms with Gasteiger partial charge in [-0.1, -0.05) is 30.3 Å². The van der Waals surface area contributed by atoms with E-state index >= 15 is 0 Å². The molecule has 0 aliphatic carbocycles. The Kier molecular flexibility index (Phi) is 13.3. The lowest BCUT2D eigenvalue weighted by molar-refractivity contribution is 0.272. The monoisotopic (exact) mass is 482 g/mol. The molecule has 2 aliphatic heterocycles. The van der Waals surface area contributed by atoms with Gasteiger partial charge in [0, 0.05) is 0 Å². The van der Waals surface area contributed by atoms with Crippen molar-refractivity contribution >= 4 is 15.6 Å². The van der Waals surface area contributed by atoms with E-state index in [1.165, 1.54) is 64.7 Å². The first-order chi connectivity index (χ1) is 14.4. The van der Waals surface area contributed by atoms with E-state index in [-0.39, 0.29) is 0 Å². The van der Waals surface area contributed by atoms with E-state index in [1.807, 2.05) is 0 Å². The summed E-state index contributed by atoms with van der Waals surface area (Å²) in [5.74, 6) is 2.63. The van der Waals surface area contributed by atoms with E-state index in [2.05, 4.69) is 41.0 Å². The summed E-state index contributed by atoms with van der Waals surface area (Å²) in [7, 11) is -9.28. The number of hydrogen-bond acceptors (Lipinski definition) is 4. The van der Waals surface area contributed by atoms with Crippen LogP contribution in [-0.2, 0) is 9.13 Å². The summed E-state index contributed by atoms with van der Waals surface area (Å²) < 4.78 is 17.8. The second-order valence-corrected chi connectivity index (χ2v) is 10.0. The Morgan fingerprint density at radius 2 is 1.03 bits per heavy atom. The zero-order chi connectivity index (χ0) is 23.3. The van der Waals surface area contributed by atoms with Gasteiger partial charge < -0.3 is 40.0 Å². The first kappa shape index (κ1) is 28.4. The van der Waals surface area contributed by atoms with Gasteiger partial charge in [0.1, 0.15) is 0 Å². The standard InChI is InChI=1S/C19H30N2.2H3O4P/c1-2-4-18(5-3-1)19(14-16-6-10-20-11-7-16)15-17-8-12-21-13-9-17;2*1-5(2,3)4/h1-5,16-17,19-21H,6-15H2;2*(H3,1,2,3,4). The molecule has 8 N–H and O–H groups in total. The molecule has 3 rings (SSSR count). The molecule has 0 saturated carbocycles. The van der Waals surface area contributed by atoms with Crippen LogP contribution >= 0.6 is 15.6 Å². The van der Waals surface area contributed by atoms with E-state index in [0.717, 1.165) is 17.8 Å². The highest BCUT2D eigenvalue weighted by Gasteiger charge is 2.24. The smallest absolute Gasteiger partial charge is 0.317 e. The Balaban J connectivity index is 0.000000404. The highest BCUT2D eigenvalue weighted by atomic mass is 31.2. The second-order valence-electron chi connectivity index (χ2n) is 7.99. The average molecular weight is 482 g/mol. The highest BCUT2D eigenvalue weighted by Crippen LogP contribution is 2.35. The van der Waals surface area contributed by atoms with Crippen molar-refractivity contribution in [1.29, 1.82) is 0 Å². The molecule has 1 aromatic carbocycles. The van der Waals surface area contributed by atoms with Crippen LogP contribution in [0.25, 0.3) is 0 Å². The molecule has 0 aromatic heterocycles. The van der Waals surface area contributed by atoms with Crippen molar-refractivity contribution in [2.45, 2.75) is 44.4 Å². The topological polar surface area (TPSA) is 180 Å². The van der Waals surface area contributed by atoms with Crippen LogP contribution in [0.5, 0.6) is 0 Å². The molecule has 0 unspecified atom stereocenters. The molecule has 1 aromatic rings. The van der Waals surface area contributed by atoms with Crippen LogP contribution in [0.2, 0.25) is 0 Å². The van der Waals surface area contributed by atoms with Gasteiger partial charge in [0.2, 0.25) is 0 Å². The molecule has 0 radical (unpaired) electrons. The van der Waals surface area contributed by atoms with Gasteiger partial charge in [0.15, 0.2) is 0 Å². The maximum Gasteiger partial charge on any atom is 0.466 e. The quantitative estimate of drug-likeness (QED) is 0.288. The summed E-state index contributed by atoms with van der Waals surface area (Å²) in [6.45, 7) is 4.89. The molecule has 2 aliphatic rings. The first-order valence-electron chi connectivity index (χ1n) is 10.4. The largest absolute Gasteiger partial charge is 0.466 e. The van der Waals surface area contributed by atoms with Gasteiger partial charge >= 0.3 is 15.6 Å². The molecule has 0 bridgehead atoms. The highest BCUT2D eigenvalue weighted by molar-refractivity contribution is 7.45. The van der Waals surface area contributed by atoms with Crippen LogP contribution in [0.4, 0.5) is 0 Å². The summed E-state index contributed by atoms with van der Waals surface area (Å²) in [4.78, 5) is 43.1. The predicted octanol–water partition coefficient (Wildman–Crippen LogP) is 1.69. The Morgan fingerprint density at radius 3 is 1.35 bits per heavy atom. The number of rotatable bonds is 5. The summed E-state index contributed by atoms with van der Waals surface area (Å²) in [5, 5.41) is 7.00. The Hall–Kier alpha value is -0.640. The second kappa shape index (κ2) is 14.5. The fourth-order valence-corrected chi connectivity index (χ4v) is 4.13. The van der Waals surface area contributed by atoms with Crippen molar-refractivity contribution in [2.24, 2.45) is 11.8 Å². The summed E-state index contributed by atoms with van der Waals surface area (Å²) in [5.41, 5.74) is 1.58. The molecular formula is C19H36N2O8P2. The molecule has 0 amide bonds. The molecule has 180 valence electrons. The maximum atomic E-state index is 8.88. The van der Waals surface area contributed by atoms with Crippen LogP contribution in [0, 0.1) is 11.8 Å². The molecule has 12 heteroatoms. The maximum absolute atomic E-state index is 8.88. The van der Waals surface area contributed by atoms with Crippen LogP contribution in [-0.4, -0.2) is 55.5 Å². The SMILES string of the molecule is O=P(O)(O)O.O=P(O)(O)O.c1ccc(C(CC2CCNCC2)CC2CCNCC2)cc1. The first-order valence-corrected chi connectivity index (χ1v) is 13.6. The minimum atomic E-state index is -4.64.